The third-order valence-electron chi connectivity index (χ3n) is 3.83. The average Bonchev–Trinajstić information content (AvgIpc) is 2.75. The van der Waals surface area contributed by atoms with Crippen LogP contribution in [0.15, 0.2) is 48.5 Å². The monoisotopic (exact) mass is 527 g/mol. The molecular formula is C26H30BrN3O4. The zero-order chi connectivity index (χ0) is 25.9. The fourth-order valence-corrected chi connectivity index (χ4v) is 2.83. The fourth-order valence-electron chi connectivity index (χ4n) is 2.48. The largest absolute Gasteiger partial charge is 0.443 e. The molecule has 0 aliphatic rings. The molecule has 180 valence electrons. The van der Waals surface area contributed by atoms with E-state index in [0.717, 1.165) is 21.4 Å². The molecule has 0 saturated carbocycles. The van der Waals surface area contributed by atoms with Crippen molar-refractivity contribution in [2.24, 2.45) is 0 Å². The molecule has 0 aliphatic carbocycles. The second kappa shape index (κ2) is 12.8. The smallest absolute Gasteiger partial charge is 0.420 e. The van der Waals surface area contributed by atoms with Gasteiger partial charge in [0.15, 0.2) is 0 Å². The second-order valence-corrected chi connectivity index (χ2v) is 9.87. The van der Waals surface area contributed by atoms with Crippen LogP contribution in [0, 0.1) is 22.7 Å². The Hall–Kier alpha value is -3.36. The van der Waals surface area contributed by atoms with Gasteiger partial charge in [0.1, 0.15) is 11.2 Å². The van der Waals surface area contributed by atoms with Gasteiger partial charge in [-0.3, -0.25) is 0 Å². The van der Waals surface area contributed by atoms with Crippen molar-refractivity contribution in [2.75, 3.05) is 0 Å². The average molecular weight is 528 g/mol. The van der Waals surface area contributed by atoms with Crippen molar-refractivity contribution in [2.45, 2.75) is 64.6 Å². The van der Waals surface area contributed by atoms with Crippen molar-refractivity contribution in [3.8, 4) is 12.1 Å². The van der Waals surface area contributed by atoms with Crippen LogP contribution in [0.25, 0.3) is 0 Å². The van der Waals surface area contributed by atoms with Crippen LogP contribution in [0.3, 0.4) is 0 Å². The molecule has 2 amide bonds. The molecule has 0 aromatic heterocycles. The Kier molecular flexibility index (Phi) is 10.8. The number of hydrogen-bond acceptors (Lipinski definition) is 6. The van der Waals surface area contributed by atoms with Gasteiger partial charge in [0, 0.05) is 5.33 Å². The number of amides is 2. The molecule has 0 saturated heterocycles. The van der Waals surface area contributed by atoms with Gasteiger partial charge in [-0.05, 0) is 76.9 Å². The number of ether oxygens (including phenoxy) is 2. The van der Waals surface area contributed by atoms with E-state index in [1.165, 1.54) is 0 Å². The van der Waals surface area contributed by atoms with Crippen molar-refractivity contribution < 1.29 is 19.1 Å². The molecule has 8 heteroatoms. The maximum atomic E-state index is 12.4. The highest BCUT2D eigenvalue weighted by Gasteiger charge is 2.31. The van der Waals surface area contributed by atoms with E-state index in [2.05, 4.69) is 22.0 Å². The van der Waals surface area contributed by atoms with E-state index in [1.807, 2.05) is 24.3 Å². The Morgan fingerprint density at radius 3 is 1.62 bits per heavy atom. The number of hydrogen-bond donors (Lipinski definition) is 0. The summed E-state index contributed by atoms with van der Waals surface area (Å²) in [6.45, 7) is 10.3. The lowest BCUT2D eigenvalue weighted by Crippen LogP contribution is -2.43. The van der Waals surface area contributed by atoms with E-state index < -0.39 is 23.4 Å². The van der Waals surface area contributed by atoms with Gasteiger partial charge in [-0.1, -0.05) is 40.2 Å². The van der Waals surface area contributed by atoms with E-state index in [4.69, 9.17) is 20.0 Å². The summed E-state index contributed by atoms with van der Waals surface area (Å²) in [6, 6.07) is 18.3. The van der Waals surface area contributed by atoms with Crippen molar-refractivity contribution in [1.29, 1.82) is 10.5 Å². The highest BCUT2D eigenvalue weighted by Crippen LogP contribution is 2.17. The maximum absolute atomic E-state index is 12.4. The van der Waals surface area contributed by atoms with Crippen molar-refractivity contribution >= 4 is 28.1 Å². The standard InChI is InChI=1S/C18H24N2O4.C8H6BrN/c1-17(2,3)23-15(21)20(16(22)24-18(4,5)6)12-14-9-7-8-13(10-14)11-19;9-5-7-2-1-3-8(4-7)6-10/h7-10H,12H2,1-6H3;1-4H,5H2. The van der Waals surface area contributed by atoms with Gasteiger partial charge in [-0.25, -0.2) is 14.5 Å². The lowest BCUT2D eigenvalue weighted by Gasteiger charge is -2.28. The molecule has 0 bridgehead atoms. The molecule has 0 aliphatic heterocycles. The van der Waals surface area contributed by atoms with Gasteiger partial charge in [0.25, 0.3) is 0 Å². The van der Waals surface area contributed by atoms with E-state index in [-0.39, 0.29) is 6.54 Å². The Labute approximate surface area is 210 Å². The lowest BCUT2D eigenvalue weighted by atomic mass is 10.1. The van der Waals surface area contributed by atoms with Crippen LogP contribution in [-0.2, 0) is 21.3 Å². The Morgan fingerprint density at radius 2 is 1.24 bits per heavy atom. The van der Waals surface area contributed by atoms with Gasteiger partial charge >= 0.3 is 12.2 Å². The fraction of sp³-hybridized carbons (Fsp3) is 0.385. The zero-order valence-electron chi connectivity index (χ0n) is 20.4. The van der Waals surface area contributed by atoms with Gasteiger partial charge in [0.05, 0.1) is 29.8 Å². The van der Waals surface area contributed by atoms with Crippen LogP contribution < -0.4 is 0 Å². The van der Waals surface area contributed by atoms with E-state index in [9.17, 15) is 9.59 Å². The summed E-state index contributed by atoms with van der Waals surface area (Å²) in [5.41, 5.74) is 1.44. The molecule has 0 atom stereocenters. The van der Waals surface area contributed by atoms with Crippen LogP contribution in [0.5, 0.6) is 0 Å². The van der Waals surface area contributed by atoms with Crippen LogP contribution in [0.4, 0.5) is 9.59 Å². The zero-order valence-corrected chi connectivity index (χ0v) is 22.0. The normalized spacial score (nSPS) is 10.6. The molecule has 34 heavy (non-hydrogen) atoms. The minimum absolute atomic E-state index is 0.0423. The first-order valence-electron chi connectivity index (χ1n) is 10.6. The van der Waals surface area contributed by atoms with Crippen LogP contribution >= 0.6 is 15.9 Å². The Bertz CT molecular complexity index is 1040. The number of nitriles is 2. The molecular weight excluding hydrogens is 498 g/mol. The van der Waals surface area contributed by atoms with E-state index >= 15 is 0 Å². The van der Waals surface area contributed by atoms with Gasteiger partial charge in [-0.15, -0.1) is 0 Å². The molecule has 7 nitrogen and oxygen atoms in total. The SMILES string of the molecule is CC(C)(C)OC(=O)N(Cc1cccc(C#N)c1)C(=O)OC(C)(C)C.N#Cc1cccc(CBr)c1. The van der Waals surface area contributed by atoms with Crippen molar-refractivity contribution in [3.05, 3.63) is 70.8 Å². The van der Waals surface area contributed by atoms with Gasteiger partial charge in [0.2, 0.25) is 0 Å². The molecule has 0 unspecified atom stereocenters. The number of carbonyl (C=O) groups is 2. The lowest BCUT2D eigenvalue weighted by molar-refractivity contribution is -0.000251. The molecule has 0 N–H and O–H groups in total. The second-order valence-electron chi connectivity index (χ2n) is 9.30. The van der Waals surface area contributed by atoms with Crippen molar-refractivity contribution in [1.82, 2.24) is 4.90 Å². The molecule has 0 fully saturated rings. The first-order chi connectivity index (χ1) is 15.8. The van der Waals surface area contributed by atoms with E-state index in [0.29, 0.717) is 11.1 Å². The minimum Gasteiger partial charge on any atom is -0.443 e. The summed E-state index contributed by atoms with van der Waals surface area (Å²) < 4.78 is 10.6. The highest BCUT2D eigenvalue weighted by atomic mass is 79.9. The van der Waals surface area contributed by atoms with Gasteiger partial charge in [-0.2, -0.15) is 10.5 Å². The van der Waals surface area contributed by atoms with Crippen LogP contribution in [-0.4, -0.2) is 28.3 Å². The Balaban J connectivity index is 0.000000479. The highest BCUT2D eigenvalue weighted by molar-refractivity contribution is 9.08. The summed E-state index contributed by atoms with van der Waals surface area (Å²) in [6.07, 6.45) is -1.58. The predicted molar refractivity (Wildman–Crippen MR) is 133 cm³/mol. The topological polar surface area (TPSA) is 103 Å². The number of alkyl halides is 1. The molecule has 0 heterocycles. The van der Waals surface area contributed by atoms with Crippen molar-refractivity contribution in [3.63, 3.8) is 0 Å². The molecule has 2 aromatic carbocycles. The third kappa shape index (κ3) is 11.0. The predicted octanol–water partition coefficient (Wildman–Crippen LogP) is 6.68. The maximum Gasteiger partial charge on any atom is 0.420 e. The summed E-state index contributed by atoms with van der Waals surface area (Å²) in [7, 11) is 0. The van der Waals surface area contributed by atoms with Crippen LogP contribution in [0.2, 0.25) is 0 Å². The number of halogens is 1. The van der Waals surface area contributed by atoms with E-state index in [1.54, 1.807) is 71.9 Å². The van der Waals surface area contributed by atoms with Gasteiger partial charge < -0.3 is 9.47 Å². The first kappa shape index (κ1) is 28.7. The minimum atomic E-state index is -0.792. The number of benzene rings is 2. The summed E-state index contributed by atoms with van der Waals surface area (Å²) in [5, 5.41) is 18.3. The quantitative estimate of drug-likeness (QED) is 0.412. The molecule has 0 radical (unpaired) electrons. The first-order valence-corrected chi connectivity index (χ1v) is 11.7. The number of rotatable bonds is 3. The number of imide groups is 1. The number of nitrogens with zero attached hydrogens (tertiary/aromatic N) is 3. The molecule has 0 spiro atoms. The molecule has 2 aromatic rings. The summed E-state index contributed by atoms with van der Waals surface area (Å²) in [5.74, 6) is 0. The van der Waals surface area contributed by atoms with Crippen LogP contribution in [0.1, 0.15) is 63.8 Å². The summed E-state index contributed by atoms with van der Waals surface area (Å²) >= 11 is 3.31. The number of carbonyl (C=O) groups excluding carboxylic acids is 2. The molecule has 2 rings (SSSR count). The summed E-state index contributed by atoms with van der Waals surface area (Å²) in [4.78, 5) is 25.7. The Morgan fingerprint density at radius 1 is 0.824 bits per heavy atom. The third-order valence-corrected chi connectivity index (χ3v) is 4.48.